The van der Waals surface area contributed by atoms with Gasteiger partial charge in [-0.1, -0.05) is 13.3 Å². The SMILES string of the molecule is CCCCN(OC(=O)C(C)O)OC(=O)C(C)O. The maximum atomic E-state index is 11.1. The van der Waals surface area contributed by atoms with Gasteiger partial charge < -0.3 is 19.9 Å². The molecule has 0 fully saturated rings. The van der Waals surface area contributed by atoms with Gasteiger partial charge in [-0.2, -0.15) is 0 Å². The molecule has 0 amide bonds. The molecule has 2 unspecified atom stereocenters. The Morgan fingerprint density at radius 3 is 1.82 bits per heavy atom. The van der Waals surface area contributed by atoms with Crippen LogP contribution in [0.4, 0.5) is 0 Å². The number of rotatable bonds is 7. The van der Waals surface area contributed by atoms with E-state index in [1.54, 1.807) is 0 Å². The largest absolute Gasteiger partial charge is 0.382 e. The van der Waals surface area contributed by atoms with Crippen molar-refractivity contribution in [2.24, 2.45) is 0 Å². The Balaban J connectivity index is 4.32. The van der Waals surface area contributed by atoms with Crippen molar-refractivity contribution in [2.75, 3.05) is 6.54 Å². The normalized spacial score (nSPS) is 14.2. The fourth-order valence-electron chi connectivity index (χ4n) is 0.750. The summed E-state index contributed by atoms with van der Waals surface area (Å²) in [6.07, 6.45) is -1.21. The van der Waals surface area contributed by atoms with Crippen molar-refractivity contribution in [3.8, 4) is 0 Å². The van der Waals surface area contributed by atoms with Gasteiger partial charge in [-0.3, -0.25) is 0 Å². The number of aliphatic hydroxyl groups excluding tert-OH is 2. The molecule has 0 aromatic rings. The van der Waals surface area contributed by atoms with E-state index in [0.29, 0.717) is 11.6 Å². The predicted octanol–water partition coefficient (Wildman–Crippen LogP) is -0.233. The van der Waals surface area contributed by atoms with Crippen LogP contribution in [0.1, 0.15) is 33.6 Å². The number of hydrogen-bond donors (Lipinski definition) is 2. The number of carbonyl (C=O) groups excluding carboxylic acids is 2. The molecule has 2 atom stereocenters. The molecule has 7 nitrogen and oxygen atoms in total. The van der Waals surface area contributed by atoms with Crippen molar-refractivity contribution < 1.29 is 29.5 Å². The third-order valence-corrected chi connectivity index (χ3v) is 1.76. The van der Waals surface area contributed by atoms with Crippen LogP contribution >= 0.6 is 0 Å². The Hall–Kier alpha value is -1.18. The highest BCUT2D eigenvalue weighted by Crippen LogP contribution is 2.02. The molecule has 0 aromatic heterocycles. The minimum absolute atomic E-state index is 0.174. The quantitative estimate of drug-likeness (QED) is 0.601. The Morgan fingerprint density at radius 2 is 1.53 bits per heavy atom. The summed E-state index contributed by atoms with van der Waals surface area (Å²) in [6, 6.07) is 0. The van der Waals surface area contributed by atoms with Gasteiger partial charge in [0.2, 0.25) is 0 Å². The van der Waals surface area contributed by atoms with Gasteiger partial charge in [0, 0.05) is 5.23 Å². The van der Waals surface area contributed by atoms with E-state index in [1.165, 1.54) is 13.8 Å². The number of unbranched alkanes of at least 4 members (excludes halogenated alkanes) is 1. The fourth-order valence-corrected chi connectivity index (χ4v) is 0.750. The maximum absolute atomic E-state index is 11.1. The number of hydroxylamine groups is 2. The Bertz CT molecular complexity index is 231. The molecule has 0 spiro atoms. The van der Waals surface area contributed by atoms with E-state index in [9.17, 15) is 9.59 Å². The lowest BCUT2D eigenvalue weighted by atomic mass is 10.3. The standard InChI is InChI=1S/C10H19NO6/c1-4-5-6-11(16-9(14)7(2)12)17-10(15)8(3)13/h7-8,12-13H,4-6H2,1-3H3. The van der Waals surface area contributed by atoms with Crippen LogP contribution in [-0.4, -0.2) is 46.1 Å². The molecule has 7 heteroatoms. The summed E-state index contributed by atoms with van der Waals surface area (Å²) in [6.45, 7) is 4.55. The summed E-state index contributed by atoms with van der Waals surface area (Å²) in [4.78, 5) is 31.5. The molecule has 2 N–H and O–H groups in total. The second-order valence-corrected chi connectivity index (χ2v) is 3.58. The first-order valence-corrected chi connectivity index (χ1v) is 5.45. The molecule has 100 valence electrons. The van der Waals surface area contributed by atoms with Gasteiger partial charge in [0.05, 0.1) is 6.54 Å². The molecule has 0 saturated heterocycles. The van der Waals surface area contributed by atoms with Crippen LogP contribution < -0.4 is 0 Å². The van der Waals surface area contributed by atoms with Crippen LogP contribution in [-0.2, 0) is 19.3 Å². The summed E-state index contributed by atoms with van der Waals surface area (Å²) in [5.74, 6) is -1.86. The molecule has 0 bridgehead atoms. The van der Waals surface area contributed by atoms with E-state index in [4.69, 9.17) is 10.2 Å². The molecule has 0 aromatic carbocycles. The molecular weight excluding hydrogens is 230 g/mol. The lowest BCUT2D eigenvalue weighted by molar-refractivity contribution is -0.330. The average molecular weight is 249 g/mol. The van der Waals surface area contributed by atoms with Crippen molar-refractivity contribution in [3.63, 3.8) is 0 Å². The first kappa shape index (κ1) is 15.8. The second-order valence-electron chi connectivity index (χ2n) is 3.58. The Morgan fingerprint density at radius 1 is 1.12 bits per heavy atom. The third kappa shape index (κ3) is 6.88. The first-order chi connectivity index (χ1) is 7.88. The average Bonchev–Trinajstić information content (AvgIpc) is 2.25. The zero-order valence-electron chi connectivity index (χ0n) is 10.3. The smallest absolute Gasteiger partial charge is 0.357 e. The summed E-state index contributed by atoms with van der Waals surface area (Å²) in [5, 5.41) is 18.6. The fraction of sp³-hybridized carbons (Fsp3) is 0.800. The lowest BCUT2D eigenvalue weighted by Crippen LogP contribution is -2.37. The van der Waals surface area contributed by atoms with E-state index in [2.05, 4.69) is 9.68 Å². The summed E-state index contributed by atoms with van der Waals surface area (Å²) >= 11 is 0. The molecule has 0 heterocycles. The minimum Gasteiger partial charge on any atom is -0.382 e. The van der Waals surface area contributed by atoms with Crippen molar-refractivity contribution in [2.45, 2.75) is 45.8 Å². The van der Waals surface area contributed by atoms with Crippen molar-refractivity contribution in [1.82, 2.24) is 5.23 Å². The Kier molecular flexibility index (Phi) is 7.44. The number of hydrogen-bond acceptors (Lipinski definition) is 7. The molecule has 0 aliphatic carbocycles. The molecule has 0 saturated carbocycles. The summed E-state index contributed by atoms with van der Waals surface area (Å²) in [7, 11) is 0. The molecule has 0 radical (unpaired) electrons. The van der Waals surface area contributed by atoms with Gasteiger partial charge in [-0.25, -0.2) is 9.59 Å². The van der Waals surface area contributed by atoms with E-state index in [1.807, 2.05) is 6.92 Å². The zero-order chi connectivity index (χ0) is 13.4. The molecule has 0 rings (SSSR count). The van der Waals surface area contributed by atoms with Gasteiger partial charge in [0.1, 0.15) is 0 Å². The monoisotopic (exact) mass is 249 g/mol. The van der Waals surface area contributed by atoms with Gasteiger partial charge in [0.15, 0.2) is 12.2 Å². The number of nitrogens with zero attached hydrogens (tertiary/aromatic N) is 1. The lowest BCUT2D eigenvalue weighted by Gasteiger charge is -2.20. The van der Waals surface area contributed by atoms with Gasteiger partial charge in [0.25, 0.3) is 0 Å². The van der Waals surface area contributed by atoms with Crippen LogP contribution in [0.5, 0.6) is 0 Å². The van der Waals surface area contributed by atoms with Crippen LogP contribution in [0.25, 0.3) is 0 Å². The van der Waals surface area contributed by atoms with Crippen LogP contribution in [0.15, 0.2) is 0 Å². The summed E-state index contributed by atoms with van der Waals surface area (Å²) < 4.78 is 0. The van der Waals surface area contributed by atoms with Crippen molar-refractivity contribution >= 4 is 11.9 Å². The van der Waals surface area contributed by atoms with Crippen molar-refractivity contribution in [3.05, 3.63) is 0 Å². The van der Waals surface area contributed by atoms with Crippen LogP contribution in [0.2, 0.25) is 0 Å². The first-order valence-electron chi connectivity index (χ1n) is 5.45. The van der Waals surface area contributed by atoms with Gasteiger partial charge >= 0.3 is 11.9 Å². The molecule has 0 aliphatic heterocycles. The highest BCUT2D eigenvalue weighted by atomic mass is 17.0. The highest BCUT2D eigenvalue weighted by molar-refractivity contribution is 5.74. The van der Waals surface area contributed by atoms with E-state index in [0.717, 1.165) is 6.42 Å². The zero-order valence-corrected chi connectivity index (χ0v) is 10.3. The van der Waals surface area contributed by atoms with E-state index >= 15 is 0 Å². The van der Waals surface area contributed by atoms with Crippen LogP contribution in [0.3, 0.4) is 0 Å². The van der Waals surface area contributed by atoms with E-state index in [-0.39, 0.29) is 6.54 Å². The Labute approximate surface area is 99.8 Å². The molecule has 0 aliphatic rings. The van der Waals surface area contributed by atoms with E-state index < -0.39 is 24.1 Å². The number of aliphatic hydroxyl groups is 2. The highest BCUT2D eigenvalue weighted by Gasteiger charge is 2.21. The minimum atomic E-state index is -1.32. The summed E-state index contributed by atoms with van der Waals surface area (Å²) in [5.41, 5.74) is 0. The van der Waals surface area contributed by atoms with Gasteiger partial charge in [-0.05, 0) is 20.3 Å². The predicted molar refractivity (Wildman–Crippen MR) is 57.2 cm³/mol. The number of carbonyl (C=O) groups is 2. The maximum Gasteiger partial charge on any atom is 0.357 e. The topological polar surface area (TPSA) is 96.3 Å². The van der Waals surface area contributed by atoms with Crippen molar-refractivity contribution in [1.29, 1.82) is 0 Å². The second kappa shape index (κ2) is 7.99. The third-order valence-electron chi connectivity index (χ3n) is 1.76. The van der Waals surface area contributed by atoms with Gasteiger partial charge in [-0.15, -0.1) is 0 Å². The van der Waals surface area contributed by atoms with Crippen LogP contribution in [0, 0.1) is 0 Å². The molecule has 17 heavy (non-hydrogen) atoms. The molecular formula is C10H19NO6.